The van der Waals surface area contributed by atoms with Gasteiger partial charge in [0.25, 0.3) is 0 Å². The van der Waals surface area contributed by atoms with Crippen molar-refractivity contribution in [1.82, 2.24) is 10.2 Å². The molecule has 1 aliphatic rings. The SMILES string of the molecule is CCCC(C)(C)N1CCCNC(c2ccccc2)C1. The molecule has 106 valence electrons. The van der Waals surface area contributed by atoms with E-state index in [-0.39, 0.29) is 0 Å². The molecule has 2 rings (SSSR count). The largest absolute Gasteiger partial charge is 0.309 e. The molecule has 0 aliphatic carbocycles. The molecule has 1 aliphatic heterocycles. The lowest BCUT2D eigenvalue weighted by atomic mass is 9.95. The van der Waals surface area contributed by atoms with Gasteiger partial charge in [-0.3, -0.25) is 4.90 Å². The van der Waals surface area contributed by atoms with Crippen LogP contribution in [0.15, 0.2) is 30.3 Å². The van der Waals surface area contributed by atoms with Crippen LogP contribution in [-0.2, 0) is 0 Å². The smallest absolute Gasteiger partial charge is 0.0449 e. The Morgan fingerprint density at radius 2 is 2.00 bits per heavy atom. The second-order valence-corrected chi connectivity index (χ2v) is 6.28. The Morgan fingerprint density at radius 1 is 1.26 bits per heavy atom. The van der Waals surface area contributed by atoms with E-state index >= 15 is 0 Å². The summed E-state index contributed by atoms with van der Waals surface area (Å²) in [7, 11) is 0. The third kappa shape index (κ3) is 3.80. The van der Waals surface area contributed by atoms with Gasteiger partial charge in [-0.1, -0.05) is 43.7 Å². The second kappa shape index (κ2) is 6.53. The van der Waals surface area contributed by atoms with Gasteiger partial charge < -0.3 is 5.32 Å². The number of nitrogens with one attached hydrogen (secondary N) is 1. The van der Waals surface area contributed by atoms with E-state index in [4.69, 9.17) is 0 Å². The Bertz CT molecular complexity index is 372. The van der Waals surface area contributed by atoms with Crippen molar-refractivity contribution in [2.45, 2.75) is 51.6 Å². The maximum Gasteiger partial charge on any atom is 0.0449 e. The summed E-state index contributed by atoms with van der Waals surface area (Å²) in [5.74, 6) is 0. The topological polar surface area (TPSA) is 15.3 Å². The number of hydrogen-bond acceptors (Lipinski definition) is 2. The Hall–Kier alpha value is -0.860. The minimum absolute atomic E-state index is 0.313. The number of benzene rings is 1. The molecular weight excluding hydrogens is 232 g/mol. The molecule has 1 saturated heterocycles. The lowest BCUT2D eigenvalue weighted by Gasteiger charge is -2.39. The molecule has 1 aromatic rings. The van der Waals surface area contributed by atoms with Crippen LogP contribution in [0.5, 0.6) is 0 Å². The van der Waals surface area contributed by atoms with Crippen LogP contribution < -0.4 is 5.32 Å². The van der Waals surface area contributed by atoms with Gasteiger partial charge in [0, 0.05) is 18.1 Å². The highest BCUT2D eigenvalue weighted by molar-refractivity contribution is 5.19. The normalized spacial score (nSPS) is 22.2. The van der Waals surface area contributed by atoms with Crippen molar-refractivity contribution in [1.29, 1.82) is 0 Å². The molecule has 2 nitrogen and oxygen atoms in total. The van der Waals surface area contributed by atoms with Crippen LogP contribution in [0.3, 0.4) is 0 Å². The van der Waals surface area contributed by atoms with E-state index in [0.717, 1.165) is 13.1 Å². The second-order valence-electron chi connectivity index (χ2n) is 6.28. The Balaban J connectivity index is 2.11. The van der Waals surface area contributed by atoms with Crippen molar-refractivity contribution in [2.75, 3.05) is 19.6 Å². The van der Waals surface area contributed by atoms with Crippen LogP contribution in [0.4, 0.5) is 0 Å². The molecule has 0 bridgehead atoms. The van der Waals surface area contributed by atoms with E-state index in [0.29, 0.717) is 11.6 Å². The van der Waals surface area contributed by atoms with Crippen molar-refractivity contribution >= 4 is 0 Å². The number of rotatable bonds is 4. The standard InChI is InChI=1S/C17H28N2/c1-4-11-17(2,3)19-13-8-12-18-16(14-19)15-9-6-5-7-10-15/h5-7,9-10,16,18H,4,8,11-14H2,1-3H3. The summed E-state index contributed by atoms with van der Waals surface area (Å²) >= 11 is 0. The Labute approximate surface area is 118 Å². The van der Waals surface area contributed by atoms with E-state index in [9.17, 15) is 0 Å². The van der Waals surface area contributed by atoms with Gasteiger partial charge in [-0.2, -0.15) is 0 Å². The molecule has 1 aromatic carbocycles. The quantitative estimate of drug-likeness (QED) is 0.890. The fourth-order valence-electron chi connectivity index (χ4n) is 3.15. The molecule has 0 aromatic heterocycles. The van der Waals surface area contributed by atoms with Crippen LogP contribution in [-0.4, -0.2) is 30.1 Å². The highest BCUT2D eigenvalue weighted by atomic mass is 15.2. The van der Waals surface area contributed by atoms with Crippen LogP contribution in [0.2, 0.25) is 0 Å². The van der Waals surface area contributed by atoms with E-state index in [1.54, 1.807) is 0 Å². The van der Waals surface area contributed by atoms with E-state index in [2.05, 4.69) is 61.3 Å². The lowest BCUT2D eigenvalue weighted by Crippen LogP contribution is -2.46. The summed E-state index contributed by atoms with van der Waals surface area (Å²) in [6, 6.07) is 11.3. The molecule has 0 amide bonds. The fraction of sp³-hybridized carbons (Fsp3) is 0.647. The summed E-state index contributed by atoms with van der Waals surface area (Å²) in [6.45, 7) is 10.5. The maximum atomic E-state index is 3.70. The van der Waals surface area contributed by atoms with Crippen LogP contribution in [0.25, 0.3) is 0 Å². The van der Waals surface area contributed by atoms with Crippen LogP contribution in [0, 0.1) is 0 Å². The Kier molecular flexibility index (Phi) is 5.00. The van der Waals surface area contributed by atoms with Crippen molar-refractivity contribution in [3.63, 3.8) is 0 Å². The molecule has 0 saturated carbocycles. The lowest BCUT2D eigenvalue weighted by molar-refractivity contribution is 0.108. The van der Waals surface area contributed by atoms with Gasteiger partial charge in [-0.05, 0) is 45.3 Å². The molecule has 1 N–H and O–H groups in total. The molecule has 1 unspecified atom stereocenters. The van der Waals surface area contributed by atoms with Crippen molar-refractivity contribution in [2.24, 2.45) is 0 Å². The van der Waals surface area contributed by atoms with Gasteiger partial charge in [0.15, 0.2) is 0 Å². The van der Waals surface area contributed by atoms with Crippen molar-refractivity contribution in [3.05, 3.63) is 35.9 Å². The molecule has 2 heteroatoms. The first kappa shape index (κ1) is 14.5. The zero-order valence-corrected chi connectivity index (χ0v) is 12.7. The Morgan fingerprint density at radius 3 is 2.68 bits per heavy atom. The average Bonchev–Trinajstić information content (AvgIpc) is 2.66. The maximum absolute atomic E-state index is 3.70. The number of nitrogens with zero attached hydrogens (tertiary/aromatic N) is 1. The zero-order valence-electron chi connectivity index (χ0n) is 12.7. The summed E-state index contributed by atoms with van der Waals surface area (Å²) in [4.78, 5) is 2.67. The van der Waals surface area contributed by atoms with E-state index in [1.165, 1.54) is 31.4 Å². The summed E-state index contributed by atoms with van der Waals surface area (Å²) < 4.78 is 0. The van der Waals surface area contributed by atoms with Gasteiger partial charge >= 0.3 is 0 Å². The van der Waals surface area contributed by atoms with Crippen LogP contribution in [0.1, 0.15) is 51.6 Å². The predicted molar refractivity (Wildman–Crippen MR) is 82.4 cm³/mol. The molecule has 19 heavy (non-hydrogen) atoms. The molecule has 0 radical (unpaired) electrons. The monoisotopic (exact) mass is 260 g/mol. The van der Waals surface area contributed by atoms with Gasteiger partial charge in [-0.15, -0.1) is 0 Å². The van der Waals surface area contributed by atoms with E-state index in [1.807, 2.05) is 0 Å². The number of hydrogen-bond donors (Lipinski definition) is 1. The summed E-state index contributed by atoms with van der Waals surface area (Å²) in [5.41, 5.74) is 1.73. The predicted octanol–water partition coefficient (Wildman–Crippen LogP) is 3.60. The minimum Gasteiger partial charge on any atom is -0.309 e. The van der Waals surface area contributed by atoms with E-state index < -0.39 is 0 Å². The van der Waals surface area contributed by atoms with Gasteiger partial charge in [0.2, 0.25) is 0 Å². The van der Waals surface area contributed by atoms with Gasteiger partial charge in [0.1, 0.15) is 0 Å². The summed E-state index contributed by atoms with van der Waals surface area (Å²) in [6.07, 6.45) is 3.78. The van der Waals surface area contributed by atoms with Crippen molar-refractivity contribution in [3.8, 4) is 0 Å². The van der Waals surface area contributed by atoms with Gasteiger partial charge in [-0.25, -0.2) is 0 Å². The first-order chi connectivity index (χ1) is 9.13. The third-order valence-corrected chi connectivity index (χ3v) is 4.32. The average molecular weight is 260 g/mol. The fourth-order valence-corrected chi connectivity index (χ4v) is 3.15. The summed E-state index contributed by atoms with van der Waals surface area (Å²) in [5, 5.41) is 3.70. The molecular formula is C17H28N2. The molecule has 0 spiro atoms. The zero-order chi connectivity index (χ0) is 13.7. The first-order valence-corrected chi connectivity index (χ1v) is 7.67. The minimum atomic E-state index is 0.313. The first-order valence-electron chi connectivity index (χ1n) is 7.67. The van der Waals surface area contributed by atoms with Crippen LogP contribution >= 0.6 is 0 Å². The molecule has 1 atom stereocenters. The van der Waals surface area contributed by atoms with Gasteiger partial charge in [0.05, 0.1) is 0 Å². The third-order valence-electron chi connectivity index (χ3n) is 4.32. The highest BCUT2D eigenvalue weighted by Gasteiger charge is 2.29. The van der Waals surface area contributed by atoms with Crippen molar-refractivity contribution < 1.29 is 0 Å². The highest BCUT2D eigenvalue weighted by Crippen LogP contribution is 2.26. The molecule has 1 fully saturated rings. The molecule has 1 heterocycles.